The van der Waals surface area contributed by atoms with Crippen LogP contribution in [0.2, 0.25) is 0 Å². The van der Waals surface area contributed by atoms with Crippen LogP contribution in [-0.4, -0.2) is 6.61 Å². The SMILES string of the molecule is C=CCOc1ccc(Br)cc1CBr. The van der Waals surface area contributed by atoms with Gasteiger partial charge in [0.15, 0.2) is 0 Å². The highest BCUT2D eigenvalue weighted by Gasteiger charge is 2.01. The summed E-state index contributed by atoms with van der Waals surface area (Å²) in [5.41, 5.74) is 1.14. The van der Waals surface area contributed by atoms with E-state index in [1.165, 1.54) is 0 Å². The first-order valence-electron chi connectivity index (χ1n) is 3.86. The van der Waals surface area contributed by atoms with Gasteiger partial charge in [0, 0.05) is 15.4 Å². The van der Waals surface area contributed by atoms with Gasteiger partial charge in [-0.2, -0.15) is 0 Å². The molecule has 0 amide bonds. The molecule has 1 rings (SSSR count). The molecule has 0 radical (unpaired) electrons. The monoisotopic (exact) mass is 304 g/mol. The zero-order valence-electron chi connectivity index (χ0n) is 7.09. The van der Waals surface area contributed by atoms with Gasteiger partial charge in [-0.05, 0) is 18.2 Å². The Hall–Kier alpha value is -0.280. The third-order valence-electron chi connectivity index (χ3n) is 1.52. The zero-order valence-corrected chi connectivity index (χ0v) is 10.3. The summed E-state index contributed by atoms with van der Waals surface area (Å²) < 4.78 is 6.53. The normalized spacial score (nSPS) is 9.69. The van der Waals surface area contributed by atoms with E-state index in [0.29, 0.717) is 6.61 Å². The number of halogens is 2. The van der Waals surface area contributed by atoms with E-state index >= 15 is 0 Å². The van der Waals surface area contributed by atoms with E-state index in [2.05, 4.69) is 38.4 Å². The maximum atomic E-state index is 5.46. The Kier molecular flexibility index (Phi) is 4.53. The van der Waals surface area contributed by atoms with Crippen LogP contribution >= 0.6 is 31.9 Å². The van der Waals surface area contributed by atoms with Crippen LogP contribution in [-0.2, 0) is 5.33 Å². The van der Waals surface area contributed by atoms with Crippen molar-refractivity contribution in [1.29, 1.82) is 0 Å². The van der Waals surface area contributed by atoms with Gasteiger partial charge in [-0.3, -0.25) is 0 Å². The predicted octanol–water partition coefficient (Wildman–Crippen LogP) is 3.91. The molecule has 0 aromatic heterocycles. The van der Waals surface area contributed by atoms with E-state index in [0.717, 1.165) is 21.1 Å². The molecule has 1 aromatic carbocycles. The summed E-state index contributed by atoms with van der Waals surface area (Å²) in [7, 11) is 0. The molecule has 1 nitrogen and oxygen atoms in total. The van der Waals surface area contributed by atoms with Gasteiger partial charge in [0.25, 0.3) is 0 Å². The van der Waals surface area contributed by atoms with Crippen LogP contribution in [0.1, 0.15) is 5.56 Å². The molecule has 0 aliphatic carbocycles. The van der Waals surface area contributed by atoms with Crippen LogP contribution in [0.5, 0.6) is 5.75 Å². The summed E-state index contributed by atoms with van der Waals surface area (Å²) in [6.45, 7) is 4.15. The lowest BCUT2D eigenvalue weighted by Gasteiger charge is -2.08. The number of hydrogen-bond acceptors (Lipinski definition) is 1. The minimum absolute atomic E-state index is 0.543. The molecule has 0 unspecified atom stereocenters. The van der Waals surface area contributed by atoms with Gasteiger partial charge in [0.1, 0.15) is 12.4 Å². The van der Waals surface area contributed by atoms with E-state index in [4.69, 9.17) is 4.74 Å². The lowest BCUT2D eigenvalue weighted by atomic mass is 10.2. The topological polar surface area (TPSA) is 9.23 Å². The second kappa shape index (κ2) is 5.45. The summed E-state index contributed by atoms with van der Waals surface area (Å²) in [5.74, 6) is 0.903. The third-order valence-corrected chi connectivity index (χ3v) is 2.62. The second-order valence-electron chi connectivity index (χ2n) is 2.49. The van der Waals surface area contributed by atoms with Crippen LogP contribution in [0.25, 0.3) is 0 Å². The molecule has 0 bridgehead atoms. The van der Waals surface area contributed by atoms with Crippen molar-refractivity contribution < 1.29 is 4.74 Å². The van der Waals surface area contributed by atoms with Crippen molar-refractivity contribution >= 4 is 31.9 Å². The number of rotatable bonds is 4. The molecule has 0 saturated carbocycles. The molecule has 0 heterocycles. The maximum absolute atomic E-state index is 5.46. The first-order chi connectivity index (χ1) is 6.27. The Morgan fingerprint density at radius 1 is 1.46 bits per heavy atom. The van der Waals surface area contributed by atoms with E-state index in [-0.39, 0.29) is 0 Å². The van der Waals surface area contributed by atoms with Crippen molar-refractivity contribution in [3.8, 4) is 5.75 Å². The molecule has 0 fully saturated rings. The van der Waals surface area contributed by atoms with E-state index in [9.17, 15) is 0 Å². The van der Waals surface area contributed by atoms with Crippen molar-refractivity contribution in [3.05, 3.63) is 40.9 Å². The first kappa shape index (κ1) is 10.8. The van der Waals surface area contributed by atoms with Crippen LogP contribution in [0.15, 0.2) is 35.3 Å². The van der Waals surface area contributed by atoms with Gasteiger partial charge in [-0.15, -0.1) is 0 Å². The van der Waals surface area contributed by atoms with Crippen molar-refractivity contribution in [2.45, 2.75) is 5.33 Å². The average molecular weight is 306 g/mol. The van der Waals surface area contributed by atoms with Crippen molar-refractivity contribution in [3.63, 3.8) is 0 Å². The minimum Gasteiger partial charge on any atom is -0.489 e. The number of ether oxygens (including phenoxy) is 1. The molecule has 0 spiro atoms. The van der Waals surface area contributed by atoms with Crippen LogP contribution in [0, 0.1) is 0 Å². The van der Waals surface area contributed by atoms with Gasteiger partial charge in [0.05, 0.1) is 0 Å². The second-order valence-corrected chi connectivity index (χ2v) is 3.96. The van der Waals surface area contributed by atoms with Gasteiger partial charge < -0.3 is 4.74 Å². The van der Waals surface area contributed by atoms with Gasteiger partial charge in [0.2, 0.25) is 0 Å². The van der Waals surface area contributed by atoms with E-state index in [1.54, 1.807) is 6.08 Å². The lowest BCUT2D eigenvalue weighted by Crippen LogP contribution is -1.95. The largest absolute Gasteiger partial charge is 0.489 e. The molecule has 70 valence electrons. The van der Waals surface area contributed by atoms with Gasteiger partial charge in [-0.1, -0.05) is 44.5 Å². The van der Waals surface area contributed by atoms with Crippen LogP contribution in [0.3, 0.4) is 0 Å². The molecule has 0 saturated heterocycles. The van der Waals surface area contributed by atoms with Gasteiger partial charge in [-0.25, -0.2) is 0 Å². The fourth-order valence-corrected chi connectivity index (χ4v) is 1.79. The highest BCUT2D eigenvalue weighted by Crippen LogP contribution is 2.25. The summed E-state index contributed by atoms with van der Waals surface area (Å²) in [4.78, 5) is 0. The van der Waals surface area contributed by atoms with Crippen molar-refractivity contribution in [2.24, 2.45) is 0 Å². The van der Waals surface area contributed by atoms with Crippen molar-refractivity contribution in [1.82, 2.24) is 0 Å². The molecule has 13 heavy (non-hydrogen) atoms. The Bertz CT molecular complexity index is 297. The van der Waals surface area contributed by atoms with Gasteiger partial charge >= 0.3 is 0 Å². The zero-order chi connectivity index (χ0) is 9.68. The van der Waals surface area contributed by atoms with Crippen molar-refractivity contribution in [2.75, 3.05) is 6.61 Å². The molecule has 0 atom stereocenters. The summed E-state index contributed by atoms with van der Waals surface area (Å²) in [6, 6.07) is 5.95. The minimum atomic E-state index is 0.543. The quantitative estimate of drug-likeness (QED) is 0.605. The summed E-state index contributed by atoms with van der Waals surface area (Å²) in [5, 5.41) is 0.791. The summed E-state index contributed by atoms with van der Waals surface area (Å²) in [6.07, 6.45) is 1.74. The summed E-state index contributed by atoms with van der Waals surface area (Å²) >= 11 is 6.82. The van der Waals surface area contributed by atoms with E-state index < -0.39 is 0 Å². The molecule has 0 N–H and O–H groups in total. The van der Waals surface area contributed by atoms with Crippen LogP contribution in [0.4, 0.5) is 0 Å². The standard InChI is InChI=1S/C10H10Br2O/c1-2-5-13-10-4-3-9(12)6-8(10)7-11/h2-4,6H,1,5,7H2. The molecular formula is C10H10Br2O. The Balaban J connectivity index is 2.85. The average Bonchev–Trinajstić information content (AvgIpc) is 2.16. The lowest BCUT2D eigenvalue weighted by molar-refractivity contribution is 0.360. The number of benzene rings is 1. The molecule has 0 aliphatic rings. The third kappa shape index (κ3) is 3.16. The molecule has 0 aliphatic heterocycles. The molecular weight excluding hydrogens is 296 g/mol. The first-order valence-corrected chi connectivity index (χ1v) is 5.77. The Morgan fingerprint density at radius 2 is 2.23 bits per heavy atom. The smallest absolute Gasteiger partial charge is 0.123 e. The van der Waals surface area contributed by atoms with Crippen LogP contribution < -0.4 is 4.74 Å². The molecule has 3 heteroatoms. The maximum Gasteiger partial charge on any atom is 0.123 e. The Morgan fingerprint density at radius 3 is 2.85 bits per heavy atom. The fourth-order valence-electron chi connectivity index (χ4n) is 0.942. The highest BCUT2D eigenvalue weighted by atomic mass is 79.9. The Labute approximate surface area is 95.1 Å². The fraction of sp³-hybridized carbons (Fsp3) is 0.200. The van der Waals surface area contributed by atoms with E-state index in [1.807, 2.05) is 18.2 Å². The number of hydrogen-bond donors (Lipinski definition) is 0. The molecule has 1 aromatic rings. The predicted molar refractivity (Wildman–Crippen MR) is 62.5 cm³/mol. The number of alkyl halides is 1. The highest BCUT2D eigenvalue weighted by molar-refractivity contribution is 9.10.